The number of amides is 1. The molecule has 5 nitrogen and oxygen atoms in total. The molecule has 118 valence electrons. The molecule has 0 bridgehead atoms. The van der Waals surface area contributed by atoms with Gasteiger partial charge in [-0.15, -0.1) is 0 Å². The molecule has 0 atom stereocenters. The third-order valence-electron chi connectivity index (χ3n) is 2.45. The summed E-state index contributed by atoms with van der Waals surface area (Å²) in [5, 5.41) is 5.59. The fraction of sp³-hybridized carbons (Fsp3) is 0.167. The van der Waals surface area contributed by atoms with Crippen molar-refractivity contribution < 1.29 is 27.1 Å². The molecule has 0 spiro atoms. The second kappa shape index (κ2) is 6.65. The van der Waals surface area contributed by atoms with Gasteiger partial charge in [-0.2, -0.15) is 22.7 Å². The number of nitrogens with one attached hydrogen (secondary N) is 1. The molecule has 10 heteroatoms. The number of anilines is 1. The van der Waals surface area contributed by atoms with Gasteiger partial charge >= 0.3 is 13.2 Å². The van der Waals surface area contributed by atoms with Crippen molar-refractivity contribution in [2.45, 2.75) is 13.2 Å². The standard InChI is InChI=1S/C12H8ClF4N3O2/c13-7-5-6(1-2-9(7)22-12(16)17)18-10(21)8-3-4-20(19-8)11(14)15/h1-5,11-12H,(H,18,21). The molecule has 0 fully saturated rings. The highest BCUT2D eigenvalue weighted by molar-refractivity contribution is 6.32. The van der Waals surface area contributed by atoms with Crippen molar-refractivity contribution in [3.05, 3.63) is 41.2 Å². The van der Waals surface area contributed by atoms with Crippen LogP contribution in [0.25, 0.3) is 0 Å². The first-order valence-corrected chi connectivity index (χ1v) is 6.13. The van der Waals surface area contributed by atoms with Gasteiger partial charge in [-0.3, -0.25) is 4.79 Å². The van der Waals surface area contributed by atoms with E-state index in [1.54, 1.807) is 0 Å². The summed E-state index contributed by atoms with van der Waals surface area (Å²) in [6.45, 7) is -5.89. The van der Waals surface area contributed by atoms with Gasteiger partial charge in [-0.05, 0) is 24.3 Å². The molecule has 0 saturated heterocycles. The largest absolute Gasteiger partial charge is 0.433 e. The van der Waals surface area contributed by atoms with Crippen LogP contribution in [-0.2, 0) is 0 Å². The second-order valence-corrected chi connectivity index (χ2v) is 4.34. The summed E-state index contributed by atoms with van der Waals surface area (Å²) in [5.41, 5.74) is -0.0625. The Labute approximate surface area is 126 Å². The lowest BCUT2D eigenvalue weighted by Crippen LogP contribution is -2.13. The van der Waals surface area contributed by atoms with Gasteiger partial charge in [0, 0.05) is 11.9 Å². The predicted octanol–water partition coefficient (Wildman–Crippen LogP) is 3.79. The van der Waals surface area contributed by atoms with Crippen LogP contribution < -0.4 is 10.1 Å². The zero-order chi connectivity index (χ0) is 16.3. The number of benzene rings is 1. The molecule has 0 unspecified atom stereocenters. The average molecular weight is 338 g/mol. The van der Waals surface area contributed by atoms with Crippen LogP contribution in [0.1, 0.15) is 17.0 Å². The van der Waals surface area contributed by atoms with Crippen LogP contribution in [0.5, 0.6) is 5.75 Å². The SMILES string of the molecule is O=C(Nc1ccc(OC(F)F)c(Cl)c1)c1ccn(C(F)F)n1. The van der Waals surface area contributed by atoms with Crippen molar-refractivity contribution in [1.82, 2.24) is 9.78 Å². The van der Waals surface area contributed by atoms with Crippen LogP contribution in [0.4, 0.5) is 23.2 Å². The summed E-state index contributed by atoms with van der Waals surface area (Å²) >= 11 is 5.72. The zero-order valence-corrected chi connectivity index (χ0v) is 11.4. The Hall–Kier alpha value is -2.29. The van der Waals surface area contributed by atoms with Crippen LogP contribution in [0, 0.1) is 0 Å². The maximum absolute atomic E-state index is 12.3. The number of nitrogens with zero attached hydrogens (tertiary/aromatic N) is 2. The lowest BCUT2D eigenvalue weighted by atomic mass is 10.3. The van der Waals surface area contributed by atoms with E-state index >= 15 is 0 Å². The van der Waals surface area contributed by atoms with Crippen molar-refractivity contribution in [1.29, 1.82) is 0 Å². The lowest BCUT2D eigenvalue weighted by molar-refractivity contribution is -0.0497. The lowest BCUT2D eigenvalue weighted by Gasteiger charge is -2.09. The van der Waals surface area contributed by atoms with Crippen molar-refractivity contribution >= 4 is 23.2 Å². The Morgan fingerprint density at radius 3 is 2.55 bits per heavy atom. The van der Waals surface area contributed by atoms with Gasteiger partial charge < -0.3 is 10.1 Å². The summed E-state index contributed by atoms with van der Waals surface area (Å²) in [4.78, 5) is 11.8. The predicted molar refractivity (Wildman–Crippen MR) is 69.5 cm³/mol. The first-order valence-electron chi connectivity index (χ1n) is 5.76. The normalized spacial score (nSPS) is 11.0. The average Bonchev–Trinajstić information content (AvgIpc) is 2.91. The van der Waals surface area contributed by atoms with Crippen molar-refractivity contribution in [2.24, 2.45) is 0 Å². The summed E-state index contributed by atoms with van der Waals surface area (Å²) in [6.07, 6.45) is 0.951. The van der Waals surface area contributed by atoms with Crippen LogP contribution >= 0.6 is 11.6 Å². The Bertz CT molecular complexity index is 678. The summed E-state index contributed by atoms with van der Waals surface area (Å²) in [5.74, 6) is -1.00. The molecule has 1 heterocycles. The van der Waals surface area contributed by atoms with E-state index in [9.17, 15) is 22.4 Å². The Kier molecular flexibility index (Phi) is 4.86. The van der Waals surface area contributed by atoms with Gasteiger partial charge in [0.2, 0.25) is 0 Å². The minimum atomic E-state index is -3.03. The van der Waals surface area contributed by atoms with Crippen molar-refractivity contribution in [2.75, 3.05) is 5.32 Å². The monoisotopic (exact) mass is 337 g/mol. The first kappa shape index (κ1) is 16.1. The second-order valence-electron chi connectivity index (χ2n) is 3.94. The summed E-state index contributed by atoms with van der Waals surface area (Å²) < 4.78 is 53.3. The Balaban J connectivity index is 2.09. The molecule has 0 aliphatic rings. The maximum atomic E-state index is 12.3. The molecule has 0 radical (unpaired) electrons. The molecule has 1 amide bonds. The Morgan fingerprint density at radius 2 is 2.00 bits per heavy atom. The number of alkyl halides is 4. The quantitative estimate of drug-likeness (QED) is 0.845. The highest BCUT2D eigenvalue weighted by Gasteiger charge is 2.15. The van der Waals surface area contributed by atoms with Crippen LogP contribution in [0.2, 0.25) is 5.02 Å². The van der Waals surface area contributed by atoms with E-state index in [0.29, 0.717) is 4.68 Å². The number of hydrogen-bond donors (Lipinski definition) is 1. The molecule has 0 aliphatic heterocycles. The topological polar surface area (TPSA) is 56.1 Å². The molecule has 0 saturated carbocycles. The highest BCUT2D eigenvalue weighted by Crippen LogP contribution is 2.29. The fourth-order valence-electron chi connectivity index (χ4n) is 1.53. The molecule has 22 heavy (non-hydrogen) atoms. The third-order valence-corrected chi connectivity index (χ3v) is 2.74. The molecule has 2 aromatic rings. The van der Waals surface area contributed by atoms with E-state index in [1.807, 2.05) is 0 Å². The maximum Gasteiger partial charge on any atom is 0.387 e. The van der Waals surface area contributed by atoms with E-state index in [2.05, 4.69) is 15.2 Å². The highest BCUT2D eigenvalue weighted by atomic mass is 35.5. The number of carbonyl (C=O) groups excluding carboxylic acids is 1. The number of halogens is 5. The molecule has 1 aromatic heterocycles. The van der Waals surface area contributed by atoms with Crippen LogP contribution in [0.15, 0.2) is 30.5 Å². The molecule has 2 rings (SSSR count). The number of hydrogen-bond acceptors (Lipinski definition) is 3. The number of aromatic nitrogens is 2. The van der Waals surface area contributed by atoms with E-state index in [4.69, 9.17) is 11.6 Å². The van der Waals surface area contributed by atoms with Crippen LogP contribution in [-0.4, -0.2) is 22.3 Å². The first-order chi connectivity index (χ1) is 10.4. The van der Waals surface area contributed by atoms with E-state index < -0.39 is 19.1 Å². The molecule has 1 aromatic carbocycles. The zero-order valence-electron chi connectivity index (χ0n) is 10.6. The van der Waals surface area contributed by atoms with Crippen molar-refractivity contribution in [3.63, 3.8) is 0 Å². The number of rotatable bonds is 5. The smallest absolute Gasteiger partial charge is 0.387 e. The van der Waals surface area contributed by atoms with Gasteiger partial charge in [0.25, 0.3) is 5.91 Å². The number of carbonyl (C=O) groups is 1. The van der Waals surface area contributed by atoms with Gasteiger partial charge in [-0.25, -0.2) is 4.68 Å². The summed E-state index contributed by atoms with van der Waals surface area (Å²) in [7, 11) is 0. The third kappa shape index (κ3) is 3.88. The van der Waals surface area contributed by atoms with E-state index in [0.717, 1.165) is 18.3 Å². The van der Waals surface area contributed by atoms with Gasteiger partial charge in [0.05, 0.1) is 5.02 Å². The fourth-order valence-corrected chi connectivity index (χ4v) is 1.76. The van der Waals surface area contributed by atoms with Gasteiger partial charge in [0.15, 0.2) is 5.69 Å². The molecule has 0 aliphatic carbocycles. The minimum Gasteiger partial charge on any atom is -0.433 e. The molecular weight excluding hydrogens is 330 g/mol. The molecule has 1 N–H and O–H groups in total. The van der Waals surface area contributed by atoms with Crippen LogP contribution in [0.3, 0.4) is 0 Å². The summed E-state index contributed by atoms with van der Waals surface area (Å²) in [6, 6.07) is 4.70. The minimum absolute atomic E-state index is 0.142. The van der Waals surface area contributed by atoms with E-state index in [-0.39, 0.29) is 22.2 Å². The Morgan fingerprint density at radius 1 is 1.27 bits per heavy atom. The molecular formula is C12H8ClF4N3O2. The van der Waals surface area contributed by atoms with Crippen molar-refractivity contribution in [3.8, 4) is 5.75 Å². The van der Waals surface area contributed by atoms with Gasteiger partial charge in [0.1, 0.15) is 5.75 Å². The number of ether oxygens (including phenoxy) is 1. The van der Waals surface area contributed by atoms with Gasteiger partial charge in [-0.1, -0.05) is 11.6 Å². The van der Waals surface area contributed by atoms with E-state index in [1.165, 1.54) is 12.1 Å².